The quantitative estimate of drug-likeness (QED) is 0.475. The molecule has 1 saturated carbocycles. The fourth-order valence-electron chi connectivity index (χ4n) is 4.80. The highest BCUT2D eigenvalue weighted by atomic mass is 19.4. The molecule has 1 aromatic heterocycles. The average molecular weight is 533 g/mol. The number of aromatic nitrogens is 1. The van der Waals surface area contributed by atoms with Gasteiger partial charge in [-0.05, 0) is 49.6 Å². The Labute approximate surface area is 205 Å². The molecule has 3 aliphatic rings. The fourth-order valence-corrected chi connectivity index (χ4v) is 4.80. The molecule has 2 aromatic rings. The zero-order valence-electron chi connectivity index (χ0n) is 18.9. The van der Waals surface area contributed by atoms with Gasteiger partial charge in [0.2, 0.25) is 0 Å². The number of rotatable bonds is 1. The van der Waals surface area contributed by atoms with Crippen molar-refractivity contribution in [3.05, 3.63) is 47.7 Å². The standard InChI is InChI=1S/C21H20F3N3O3.C2HF3O2/c22-21(23,24)12-5-6-26-16(8-12)11-1-3-17-14(7-11)20(10-29-19(25)27-20)15-9-13(28)2-4-18(15)30-17;3-2(4,5)1(6)7/h1,3,5-8,13,15,18,28H,2,4,9-10H2,(H2,25,27);(H,6,7)/t13-,15-,18-,20?;/m0./s1. The number of aliphatic imine (C=N–C) groups is 1. The van der Waals surface area contributed by atoms with E-state index in [1.165, 1.54) is 0 Å². The number of aliphatic hydroxyl groups is 1. The molecular weight excluding hydrogens is 512 g/mol. The second-order valence-corrected chi connectivity index (χ2v) is 8.83. The monoisotopic (exact) mass is 533 g/mol. The first kappa shape index (κ1) is 26.5. The van der Waals surface area contributed by atoms with E-state index in [0.717, 1.165) is 18.3 Å². The number of fused-ring (bicyclic) bond motifs is 4. The summed E-state index contributed by atoms with van der Waals surface area (Å²) >= 11 is 0. The maximum absolute atomic E-state index is 13.1. The molecule has 3 heterocycles. The number of aliphatic carboxylic acids is 1. The van der Waals surface area contributed by atoms with E-state index in [4.69, 9.17) is 25.1 Å². The molecule has 14 heteroatoms. The van der Waals surface area contributed by atoms with Gasteiger partial charge in [-0.25, -0.2) is 9.79 Å². The number of carboxylic acids is 1. The molecule has 2 aliphatic heterocycles. The van der Waals surface area contributed by atoms with E-state index >= 15 is 0 Å². The highest BCUT2D eigenvalue weighted by Crippen LogP contribution is 2.53. The fraction of sp³-hybridized carbons (Fsp3) is 0.435. The van der Waals surface area contributed by atoms with E-state index in [1.54, 1.807) is 18.2 Å². The average Bonchev–Trinajstić information content (AvgIpc) is 3.21. The van der Waals surface area contributed by atoms with Crippen molar-refractivity contribution in [2.75, 3.05) is 6.61 Å². The maximum Gasteiger partial charge on any atom is 0.490 e. The Bertz CT molecular complexity index is 1220. The van der Waals surface area contributed by atoms with Gasteiger partial charge < -0.3 is 25.4 Å². The molecule has 200 valence electrons. The minimum atomic E-state index is -5.08. The second-order valence-electron chi connectivity index (χ2n) is 8.83. The number of carboxylic acid groups (broad SMARTS) is 1. The van der Waals surface area contributed by atoms with Gasteiger partial charge in [0, 0.05) is 23.2 Å². The summed E-state index contributed by atoms with van der Waals surface area (Å²) < 4.78 is 82.9. The topological polar surface area (TPSA) is 127 Å². The van der Waals surface area contributed by atoms with Crippen molar-refractivity contribution in [2.45, 2.75) is 49.4 Å². The van der Waals surface area contributed by atoms with Crippen LogP contribution in [-0.2, 0) is 21.2 Å². The van der Waals surface area contributed by atoms with Crippen LogP contribution in [0.1, 0.15) is 30.4 Å². The first-order valence-corrected chi connectivity index (χ1v) is 11.0. The van der Waals surface area contributed by atoms with Crippen LogP contribution < -0.4 is 10.5 Å². The van der Waals surface area contributed by atoms with Gasteiger partial charge in [-0.15, -0.1) is 0 Å². The summed E-state index contributed by atoms with van der Waals surface area (Å²) in [4.78, 5) is 17.6. The van der Waals surface area contributed by atoms with Crippen LogP contribution in [0.3, 0.4) is 0 Å². The number of alkyl halides is 6. The molecule has 1 unspecified atom stereocenters. The predicted octanol–water partition coefficient (Wildman–Crippen LogP) is 3.86. The van der Waals surface area contributed by atoms with E-state index < -0.39 is 35.5 Å². The summed E-state index contributed by atoms with van der Waals surface area (Å²) in [5.74, 6) is -2.31. The molecule has 1 aliphatic carbocycles. The van der Waals surface area contributed by atoms with E-state index in [9.17, 15) is 31.4 Å². The van der Waals surface area contributed by atoms with Gasteiger partial charge in [-0.2, -0.15) is 26.3 Å². The van der Waals surface area contributed by atoms with Crippen LogP contribution in [-0.4, -0.2) is 52.2 Å². The Morgan fingerprint density at radius 1 is 1.11 bits per heavy atom. The van der Waals surface area contributed by atoms with Gasteiger partial charge in [0.1, 0.15) is 24.0 Å². The number of benzene rings is 1. The molecule has 37 heavy (non-hydrogen) atoms. The minimum absolute atomic E-state index is 0.0595. The normalized spacial score (nSPS) is 26.6. The van der Waals surface area contributed by atoms with Gasteiger partial charge in [0.05, 0.1) is 17.4 Å². The summed E-state index contributed by atoms with van der Waals surface area (Å²) in [5, 5.41) is 17.4. The number of nitrogens with zero attached hydrogens (tertiary/aromatic N) is 2. The van der Waals surface area contributed by atoms with Crippen molar-refractivity contribution in [3.8, 4) is 17.0 Å². The van der Waals surface area contributed by atoms with Crippen molar-refractivity contribution in [3.63, 3.8) is 0 Å². The highest BCUT2D eigenvalue weighted by Gasteiger charge is 2.55. The number of hydrogen-bond donors (Lipinski definition) is 3. The zero-order valence-corrected chi connectivity index (χ0v) is 18.9. The summed E-state index contributed by atoms with van der Waals surface area (Å²) in [6.45, 7) is 0.197. The smallest absolute Gasteiger partial charge is 0.490 e. The zero-order chi connectivity index (χ0) is 27.2. The van der Waals surface area contributed by atoms with E-state index in [2.05, 4.69) is 9.98 Å². The van der Waals surface area contributed by atoms with Crippen LogP contribution in [0.25, 0.3) is 11.3 Å². The maximum atomic E-state index is 13.1. The summed E-state index contributed by atoms with van der Waals surface area (Å²) in [6.07, 6.45) is -7.21. The lowest BCUT2D eigenvalue weighted by atomic mass is 9.67. The van der Waals surface area contributed by atoms with E-state index in [-0.39, 0.29) is 30.3 Å². The van der Waals surface area contributed by atoms with Gasteiger partial charge >= 0.3 is 18.3 Å². The Kier molecular flexibility index (Phi) is 6.73. The molecule has 4 atom stereocenters. The molecule has 0 bridgehead atoms. The molecule has 0 amide bonds. The Morgan fingerprint density at radius 2 is 1.81 bits per heavy atom. The first-order valence-electron chi connectivity index (χ1n) is 11.0. The third-order valence-electron chi connectivity index (χ3n) is 6.47. The molecule has 0 radical (unpaired) electrons. The lowest BCUT2D eigenvalue weighted by Crippen LogP contribution is -2.51. The van der Waals surface area contributed by atoms with Crippen LogP contribution in [0.4, 0.5) is 26.3 Å². The van der Waals surface area contributed by atoms with E-state index in [0.29, 0.717) is 36.1 Å². The van der Waals surface area contributed by atoms with Gasteiger partial charge in [-0.1, -0.05) is 0 Å². The number of aliphatic hydroxyl groups excluding tert-OH is 1. The van der Waals surface area contributed by atoms with Gasteiger partial charge in [-0.3, -0.25) is 4.98 Å². The minimum Gasteiger partial charge on any atom is -0.490 e. The molecule has 4 N–H and O–H groups in total. The van der Waals surface area contributed by atoms with Crippen molar-refractivity contribution in [2.24, 2.45) is 16.6 Å². The lowest BCUT2D eigenvalue weighted by molar-refractivity contribution is -0.192. The largest absolute Gasteiger partial charge is 0.490 e. The predicted molar refractivity (Wildman–Crippen MR) is 115 cm³/mol. The van der Waals surface area contributed by atoms with Crippen molar-refractivity contribution >= 4 is 12.0 Å². The Balaban J connectivity index is 0.000000405. The summed E-state index contributed by atoms with van der Waals surface area (Å²) in [6, 6.07) is 7.20. The summed E-state index contributed by atoms with van der Waals surface area (Å²) in [7, 11) is 0. The molecular formula is C23H21F6N3O5. The van der Waals surface area contributed by atoms with Crippen LogP contribution in [0.5, 0.6) is 5.75 Å². The van der Waals surface area contributed by atoms with Crippen LogP contribution in [0, 0.1) is 5.92 Å². The van der Waals surface area contributed by atoms with Crippen LogP contribution in [0.2, 0.25) is 0 Å². The molecule has 1 aromatic carbocycles. The molecule has 5 rings (SSSR count). The Morgan fingerprint density at radius 3 is 2.41 bits per heavy atom. The van der Waals surface area contributed by atoms with Crippen molar-refractivity contribution in [1.29, 1.82) is 0 Å². The summed E-state index contributed by atoms with van der Waals surface area (Å²) in [5.41, 5.74) is 5.65. The SMILES string of the molecule is NC1=NC2(CO1)c1cc(-c3cc(C(F)(F)F)ccn3)ccc1O[C@H]1CC[C@H](O)C[C@@H]12.O=C(O)C(F)(F)F. The number of halogens is 6. The van der Waals surface area contributed by atoms with Gasteiger partial charge in [0.25, 0.3) is 6.02 Å². The molecule has 1 fully saturated rings. The second kappa shape index (κ2) is 9.39. The third kappa shape index (κ3) is 5.29. The van der Waals surface area contributed by atoms with Crippen LogP contribution >= 0.6 is 0 Å². The van der Waals surface area contributed by atoms with Crippen LogP contribution in [0.15, 0.2) is 41.5 Å². The lowest BCUT2D eigenvalue weighted by Gasteiger charge is -2.47. The number of nitrogens with two attached hydrogens (primary N) is 1. The number of carbonyl (C=O) groups is 1. The highest BCUT2D eigenvalue weighted by molar-refractivity contribution is 5.75. The van der Waals surface area contributed by atoms with Crippen molar-refractivity contribution in [1.82, 2.24) is 4.98 Å². The van der Waals surface area contributed by atoms with Gasteiger partial charge in [0.15, 0.2) is 0 Å². The van der Waals surface area contributed by atoms with E-state index in [1.807, 2.05) is 0 Å². The number of pyridine rings is 1. The third-order valence-corrected chi connectivity index (χ3v) is 6.47. The molecule has 8 nitrogen and oxygen atoms in total. The Hall–Kier alpha value is -3.55. The first-order chi connectivity index (χ1) is 17.2. The molecule has 1 spiro atoms. The number of amidine groups is 1. The number of ether oxygens (including phenoxy) is 2. The van der Waals surface area contributed by atoms with Crippen molar-refractivity contribution < 1.29 is 50.8 Å². The number of hydrogen-bond acceptors (Lipinski definition) is 7. The molecule has 0 saturated heterocycles.